The summed E-state index contributed by atoms with van der Waals surface area (Å²) in [5, 5.41) is 15.5. The molecule has 0 fully saturated rings. The van der Waals surface area contributed by atoms with E-state index in [9.17, 15) is 5.11 Å². The number of rotatable bonds is 6. The molecule has 3 aromatic carbocycles. The standard InChI is InChI=1S/C25H19ClN4OS/c26-20-10-6-18(7-11-20)19-8-12-22(13-9-19)32-16-21-15-24(31)30-25(27-21)28-23(29-30)14-17-4-2-1-3-5-17/h1-13,15,31H,14,16H2. The zero-order chi connectivity index (χ0) is 21.9. The Morgan fingerprint density at radius 3 is 2.25 bits per heavy atom. The predicted octanol–water partition coefficient (Wildman–Crippen LogP) is 6.03. The molecule has 0 aliphatic carbocycles. The number of thioether (sulfide) groups is 1. The number of nitrogens with zero attached hydrogens (tertiary/aromatic N) is 4. The molecule has 7 heteroatoms. The van der Waals surface area contributed by atoms with Gasteiger partial charge in [-0.3, -0.25) is 0 Å². The van der Waals surface area contributed by atoms with E-state index in [0.29, 0.717) is 23.8 Å². The Balaban J connectivity index is 1.29. The van der Waals surface area contributed by atoms with E-state index in [4.69, 9.17) is 11.6 Å². The number of aromatic hydroxyl groups is 1. The second-order valence-electron chi connectivity index (χ2n) is 7.33. The zero-order valence-corrected chi connectivity index (χ0v) is 18.6. The van der Waals surface area contributed by atoms with Crippen LogP contribution in [0.2, 0.25) is 5.02 Å². The maximum atomic E-state index is 10.4. The van der Waals surface area contributed by atoms with Crippen LogP contribution in [0.1, 0.15) is 17.1 Å². The minimum absolute atomic E-state index is 0.0375. The predicted molar refractivity (Wildman–Crippen MR) is 128 cm³/mol. The first-order valence-electron chi connectivity index (χ1n) is 10.1. The zero-order valence-electron chi connectivity index (χ0n) is 17.0. The highest BCUT2D eigenvalue weighted by Crippen LogP contribution is 2.28. The monoisotopic (exact) mass is 458 g/mol. The summed E-state index contributed by atoms with van der Waals surface area (Å²) in [5.74, 6) is 1.69. The average molecular weight is 459 g/mol. The summed E-state index contributed by atoms with van der Waals surface area (Å²) in [4.78, 5) is 10.2. The van der Waals surface area contributed by atoms with E-state index in [1.807, 2.05) is 54.6 Å². The van der Waals surface area contributed by atoms with Gasteiger partial charge < -0.3 is 5.11 Å². The number of hydrogen-bond donors (Lipinski definition) is 1. The van der Waals surface area contributed by atoms with E-state index in [-0.39, 0.29) is 5.88 Å². The van der Waals surface area contributed by atoms with E-state index in [1.165, 1.54) is 4.52 Å². The van der Waals surface area contributed by atoms with Crippen LogP contribution in [0.4, 0.5) is 0 Å². The normalized spacial score (nSPS) is 11.2. The molecule has 1 N–H and O–H groups in total. The molecule has 0 aliphatic heterocycles. The molecule has 0 spiro atoms. The summed E-state index contributed by atoms with van der Waals surface area (Å²) in [5.41, 5.74) is 4.12. The first-order valence-corrected chi connectivity index (χ1v) is 11.5. The van der Waals surface area contributed by atoms with Gasteiger partial charge in [0.25, 0.3) is 5.78 Å². The minimum atomic E-state index is 0.0375. The lowest BCUT2D eigenvalue weighted by atomic mass is 10.1. The van der Waals surface area contributed by atoms with Gasteiger partial charge in [0.05, 0.1) is 5.69 Å². The smallest absolute Gasteiger partial charge is 0.255 e. The van der Waals surface area contributed by atoms with Crippen molar-refractivity contribution in [2.75, 3.05) is 0 Å². The molecule has 5 aromatic rings. The number of aromatic nitrogens is 4. The van der Waals surface area contributed by atoms with Crippen LogP contribution >= 0.6 is 23.4 Å². The van der Waals surface area contributed by atoms with Crippen LogP contribution in [0.25, 0.3) is 16.9 Å². The first kappa shape index (κ1) is 20.5. The first-order chi connectivity index (χ1) is 15.6. The molecule has 158 valence electrons. The third-order valence-corrected chi connectivity index (χ3v) is 6.31. The van der Waals surface area contributed by atoms with E-state index >= 15 is 0 Å². The molecule has 0 radical (unpaired) electrons. The molecule has 0 saturated heterocycles. The van der Waals surface area contributed by atoms with Gasteiger partial charge in [-0.15, -0.1) is 16.9 Å². The van der Waals surface area contributed by atoms with Gasteiger partial charge in [-0.05, 0) is 41.0 Å². The summed E-state index contributed by atoms with van der Waals surface area (Å²) in [6.07, 6.45) is 0.591. The summed E-state index contributed by atoms with van der Waals surface area (Å²) >= 11 is 7.63. The van der Waals surface area contributed by atoms with Crippen molar-refractivity contribution < 1.29 is 5.11 Å². The lowest BCUT2D eigenvalue weighted by molar-refractivity contribution is 0.434. The second kappa shape index (κ2) is 9.02. The van der Waals surface area contributed by atoms with Crippen molar-refractivity contribution in [2.24, 2.45) is 0 Å². The van der Waals surface area contributed by atoms with Gasteiger partial charge in [0.1, 0.15) is 0 Å². The molecule has 5 rings (SSSR count). The van der Waals surface area contributed by atoms with Crippen LogP contribution < -0.4 is 0 Å². The van der Waals surface area contributed by atoms with Crippen LogP contribution in [0.5, 0.6) is 5.88 Å². The maximum absolute atomic E-state index is 10.4. The molecule has 0 atom stereocenters. The van der Waals surface area contributed by atoms with Crippen LogP contribution in [0.3, 0.4) is 0 Å². The van der Waals surface area contributed by atoms with E-state index in [1.54, 1.807) is 17.8 Å². The van der Waals surface area contributed by atoms with Gasteiger partial charge in [-0.25, -0.2) is 4.98 Å². The average Bonchev–Trinajstić information content (AvgIpc) is 3.22. The molecule has 5 nitrogen and oxygen atoms in total. The molecule has 32 heavy (non-hydrogen) atoms. The molecular formula is C25H19ClN4OS. The third-order valence-electron chi connectivity index (χ3n) is 5.01. The van der Waals surface area contributed by atoms with Crippen LogP contribution in [-0.4, -0.2) is 24.7 Å². The van der Waals surface area contributed by atoms with Crippen molar-refractivity contribution in [2.45, 2.75) is 17.1 Å². The molecule has 0 amide bonds. The second-order valence-corrected chi connectivity index (χ2v) is 8.81. The van der Waals surface area contributed by atoms with Gasteiger partial charge >= 0.3 is 0 Å². The fourth-order valence-electron chi connectivity index (χ4n) is 3.41. The highest BCUT2D eigenvalue weighted by Gasteiger charge is 2.11. The Bertz CT molecular complexity index is 1350. The van der Waals surface area contributed by atoms with E-state index in [0.717, 1.165) is 32.3 Å². The van der Waals surface area contributed by atoms with Crippen molar-refractivity contribution in [1.29, 1.82) is 0 Å². The molecule has 0 saturated carbocycles. The lowest BCUT2D eigenvalue weighted by Crippen LogP contribution is -1.96. The number of hydrogen-bond acceptors (Lipinski definition) is 5. The highest BCUT2D eigenvalue weighted by atomic mass is 35.5. The van der Waals surface area contributed by atoms with E-state index in [2.05, 4.69) is 39.3 Å². The van der Waals surface area contributed by atoms with Crippen LogP contribution in [0.15, 0.2) is 89.8 Å². The Hall–Kier alpha value is -3.35. The van der Waals surface area contributed by atoms with Crippen molar-refractivity contribution in [1.82, 2.24) is 19.6 Å². The van der Waals surface area contributed by atoms with Crippen LogP contribution in [-0.2, 0) is 12.2 Å². The molecule has 0 bridgehead atoms. The van der Waals surface area contributed by atoms with Gasteiger partial charge in [0.2, 0.25) is 5.88 Å². The number of benzene rings is 3. The largest absolute Gasteiger partial charge is 0.493 e. The van der Waals surface area contributed by atoms with Gasteiger partial charge in [-0.2, -0.15) is 9.50 Å². The summed E-state index contributed by atoms with van der Waals surface area (Å²) in [7, 11) is 0. The minimum Gasteiger partial charge on any atom is -0.493 e. The number of halogens is 1. The summed E-state index contributed by atoms with van der Waals surface area (Å²) < 4.78 is 1.38. The topological polar surface area (TPSA) is 63.3 Å². The molecule has 0 aliphatic rings. The lowest BCUT2D eigenvalue weighted by Gasteiger charge is -2.05. The Labute approximate surface area is 194 Å². The molecule has 2 aromatic heterocycles. The Morgan fingerprint density at radius 2 is 1.53 bits per heavy atom. The SMILES string of the molecule is Oc1cc(CSc2ccc(-c3ccc(Cl)cc3)cc2)nc2nc(Cc3ccccc3)nn12. The highest BCUT2D eigenvalue weighted by molar-refractivity contribution is 7.98. The maximum Gasteiger partial charge on any atom is 0.255 e. The quantitative estimate of drug-likeness (QED) is 0.314. The number of fused-ring (bicyclic) bond motifs is 1. The van der Waals surface area contributed by atoms with E-state index < -0.39 is 0 Å². The van der Waals surface area contributed by atoms with Gasteiger partial charge in [-0.1, -0.05) is 66.2 Å². The fourth-order valence-corrected chi connectivity index (χ4v) is 4.33. The van der Waals surface area contributed by atoms with Crippen molar-refractivity contribution in [3.8, 4) is 17.0 Å². The van der Waals surface area contributed by atoms with Crippen molar-refractivity contribution >= 4 is 29.1 Å². The van der Waals surface area contributed by atoms with Gasteiger partial charge in [0.15, 0.2) is 5.82 Å². The Kier molecular flexibility index (Phi) is 5.79. The van der Waals surface area contributed by atoms with Gasteiger partial charge in [0, 0.05) is 28.2 Å². The molecule has 0 unspecified atom stereocenters. The molecule has 2 heterocycles. The summed E-state index contributed by atoms with van der Waals surface area (Å²) in [6, 6.07) is 27.8. The fraction of sp³-hybridized carbons (Fsp3) is 0.0800. The van der Waals surface area contributed by atoms with Crippen molar-refractivity contribution in [3.63, 3.8) is 0 Å². The van der Waals surface area contributed by atoms with Crippen molar-refractivity contribution in [3.05, 3.63) is 107 Å². The Morgan fingerprint density at radius 1 is 0.844 bits per heavy atom. The molecular weight excluding hydrogens is 440 g/mol. The van der Waals surface area contributed by atoms with Crippen LogP contribution in [0, 0.1) is 0 Å². The summed E-state index contributed by atoms with van der Waals surface area (Å²) in [6.45, 7) is 0. The third kappa shape index (κ3) is 4.61.